The van der Waals surface area contributed by atoms with Gasteiger partial charge in [-0.05, 0) is 98.1 Å². The molecule has 2 fully saturated rings. The number of halogens is 1. The van der Waals surface area contributed by atoms with Crippen molar-refractivity contribution in [1.82, 2.24) is 9.80 Å². The third-order valence-corrected chi connectivity index (χ3v) is 5.46. The fraction of sp³-hybridized carbons (Fsp3) is 0.647. The molecule has 2 saturated heterocycles. The molecule has 1 aromatic carbocycles. The van der Waals surface area contributed by atoms with Crippen LogP contribution in [0.25, 0.3) is 0 Å². The Balaban J connectivity index is 1.42. The zero-order valence-corrected chi connectivity index (χ0v) is 14.4. The van der Waals surface area contributed by atoms with Crippen LogP contribution in [0.15, 0.2) is 24.3 Å². The first-order valence-corrected chi connectivity index (χ1v) is 9.06. The second-order valence-electron chi connectivity index (χ2n) is 6.35. The van der Waals surface area contributed by atoms with Crippen LogP contribution in [0.5, 0.6) is 0 Å². The van der Waals surface area contributed by atoms with Crippen LogP contribution < -0.4 is 0 Å². The Morgan fingerprint density at radius 1 is 0.900 bits per heavy atom. The Labute approximate surface area is 136 Å². The molecular weight excluding hydrogens is 359 g/mol. The standard InChI is InChI=1S/C17H25IN2/c18-17-5-3-15(4-6-17)13-20-11-7-16(8-12-20)14-19-9-1-2-10-19/h3-6,16H,1-2,7-14H2. The highest BCUT2D eigenvalue weighted by molar-refractivity contribution is 14.1. The van der Waals surface area contributed by atoms with Gasteiger partial charge >= 0.3 is 0 Å². The molecule has 0 aliphatic carbocycles. The zero-order valence-electron chi connectivity index (χ0n) is 12.2. The first kappa shape index (κ1) is 14.8. The Bertz CT molecular complexity index is 404. The molecule has 20 heavy (non-hydrogen) atoms. The summed E-state index contributed by atoms with van der Waals surface area (Å²) in [6.07, 6.45) is 5.62. The highest BCUT2D eigenvalue weighted by Crippen LogP contribution is 2.22. The first-order valence-electron chi connectivity index (χ1n) is 7.99. The second-order valence-corrected chi connectivity index (χ2v) is 7.60. The molecule has 2 aliphatic rings. The van der Waals surface area contributed by atoms with Crippen LogP contribution in [0.2, 0.25) is 0 Å². The van der Waals surface area contributed by atoms with Crippen molar-refractivity contribution in [2.45, 2.75) is 32.2 Å². The van der Waals surface area contributed by atoms with Crippen molar-refractivity contribution >= 4 is 22.6 Å². The molecule has 1 aromatic rings. The molecule has 3 rings (SSSR count). The molecule has 0 spiro atoms. The Hall–Kier alpha value is -0.130. The third kappa shape index (κ3) is 4.18. The van der Waals surface area contributed by atoms with E-state index >= 15 is 0 Å². The van der Waals surface area contributed by atoms with E-state index in [1.165, 1.54) is 67.5 Å². The summed E-state index contributed by atoms with van der Waals surface area (Å²) < 4.78 is 1.33. The molecule has 0 N–H and O–H groups in total. The van der Waals surface area contributed by atoms with Crippen molar-refractivity contribution in [3.63, 3.8) is 0 Å². The number of benzene rings is 1. The van der Waals surface area contributed by atoms with Crippen molar-refractivity contribution in [3.05, 3.63) is 33.4 Å². The maximum absolute atomic E-state index is 2.68. The maximum Gasteiger partial charge on any atom is 0.0233 e. The number of piperidine rings is 1. The van der Waals surface area contributed by atoms with Gasteiger partial charge in [-0.2, -0.15) is 0 Å². The summed E-state index contributed by atoms with van der Waals surface area (Å²) in [5.41, 5.74) is 1.46. The normalized spacial score (nSPS) is 22.4. The summed E-state index contributed by atoms with van der Waals surface area (Å²) in [6.45, 7) is 7.76. The predicted molar refractivity (Wildman–Crippen MR) is 92.8 cm³/mol. The molecule has 2 nitrogen and oxygen atoms in total. The van der Waals surface area contributed by atoms with Crippen molar-refractivity contribution in [2.24, 2.45) is 5.92 Å². The van der Waals surface area contributed by atoms with Gasteiger partial charge in [0.25, 0.3) is 0 Å². The summed E-state index contributed by atoms with van der Waals surface area (Å²) in [5.74, 6) is 0.945. The minimum atomic E-state index is 0.945. The zero-order chi connectivity index (χ0) is 13.8. The molecule has 0 amide bonds. The van der Waals surface area contributed by atoms with Crippen LogP contribution in [0.4, 0.5) is 0 Å². The lowest BCUT2D eigenvalue weighted by molar-refractivity contribution is 0.149. The predicted octanol–water partition coefficient (Wildman–Crippen LogP) is 3.60. The van der Waals surface area contributed by atoms with E-state index in [1.807, 2.05) is 0 Å². The van der Waals surface area contributed by atoms with Crippen molar-refractivity contribution in [1.29, 1.82) is 0 Å². The summed E-state index contributed by atoms with van der Waals surface area (Å²) in [6, 6.07) is 8.99. The van der Waals surface area contributed by atoms with Crippen LogP contribution in [0, 0.1) is 9.49 Å². The average Bonchev–Trinajstić information content (AvgIpc) is 2.96. The fourth-order valence-corrected chi connectivity index (χ4v) is 3.87. The molecule has 3 heteroatoms. The van der Waals surface area contributed by atoms with Gasteiger partial charge in [-0.25, -0.2) is 0 Å². The smallest absolute Gasteiger partial charge is 0.0233 e. The molecular formula is C17H25IN2. The molecule has 2 heterocycles. The van der Waals surface area contributed by atoms with Gasteiger partial charge < -0.3 is 4.90 Å². The van der Waals surface area contributed by atoms with Gasteiger partial charge in [-0.1, -0.05) is 12.1 Å². The Morgan fingerprint density at radius 2 is 1.55 bits per heavy atom. The van der Waals surface area contributed by atoms with E-state index < -0.39 is 0 Å². The number of hydrogen-bond donors (Lipinski definition) is 0. The van der Waals surface area contributed by atoms with Gasteiger partial charge in [0, 0.05) is 16.7 Å². The minimum Gasteiger partial charge on any atom is -0.303 e. The van der Waals surface area contributed by atoms with Gasteiger partial charge in [0.15, 0.2) is 0 Å². The van der Waals surface area contributed by atoms with Gasteiger partial charge in [0.05, 0.1) is 0 Å². The van der Waals surface area contributed by atoms with Crippen molar-refractivity contribution in [3.8, 4) is 0 Å². The minimum absolute atomic E-state index is 0.945. The fourth-order valence-electron chi connectivity index (χ4n) is 3.51. The van der Waals surface area contributed by atoms with Gasteiger partial charge in [0.2, 0.25) is 0 Å². The second kappa shape index (κ2) is 7.23. The lowest BCUT2D eigenvalue weighted by atomic mass is 9.96. The quantitative estimate of drug-likeness (QED) is 0.732. The summed E-state index contributed by atoms with van der Waals surface area (Å²) in [4.78, 5) is 5.31. The molecule has 110 valence electrons. The Kier molecular flexibility index (Phi) is 5.35. The molecule has 0 aromatic heterocycles. The van der Waals surface area contributed by atoms with Gasteiger partial charge in [-0.15, -0.1) is 0 Å². The highest BCUT2D eigenvalue weighted by atomic mass is 127. The molecule has 0 radical (unpaired) electrons. The summed E-state index contributed by atoms with van der Waals surface area (Å²) in [5, 5.41) is 0. The topological polar surface area (TPSA) is 6.48 Å². The summed E-state index contributed by atoms with van der Waals surface area (Å²) >= 11 is 2.37. The first-order chi connectivity index (χ1) is 9.79. The van der Waals surface area contributed by atoms with E-state index in [0.717, 1.165) is 12.5 Å². The van der Waals surface area contributed by atoms with E-state index in [2.05, 4.69) is 56.7 Å². The van der Waals surface area contributed by atoms with Gasteiger partial charge in [-0.3, -0.25) is 4.90 Å². The largest absolute Gasteiger partial charge is 0.303 e. The SMILES string of the molecule is Ic1ccc(CN2CCC(CN3CCCC3)CC2)cc1. The van der Waals surface area contributed by atoms with E-state index in [4.69, 9.17) is 0 Å². The molecule has 0 atom stereocenters. The molecule has 2 aliphatic heterocycles. The van der Waals surface area contributed by atoms with Gasteiger partial charge in [0.1, 0.15) is 0 Å². The number of rotatable bonds is 4. The lowest BCUT2D eigenvalue weighted by Crippen LogP contribution is -2.37. The number of likely N-dealkylation sites (tertiary alicyclic amines) is 2. The van der Waals surface area contributed by atoms with E-state index in [9.17, 15) is 0 Å². The Morgan fingerprint density at radius 3 is 2.20 bits per heavy atom. The highest BCUT2D eigenvalue weighted by Gasteiger charge is 2.22. The van der Waals surface area contributed by atoms with Crippen LogP contribution >= 0.6 is 22.6 Å². The van der Waals surface area contributed by atoms with Crippen molar-refractivity contribution in [2.75, 3.05) is 32.7 Å². The van der Waals surface area contributed by atoms with Crippen LogP contribution in [0.3, 0.4) is 0 Å². The average molecular weight is 384 g/mol. The van der Waals surface area contributed by atoms with Crippen LogP contribution in [-0.2, 0) is 6.54 Å². The van der Waals surface area contributed by atoms with E-state index in [-0.39, 0.29) is 0 Å². The third-order valence-electron chi connectivity index (χ3n) is 4.74. The monoisotopic (exact) mass is 384 g/mol. The number of hydrogen-bond acceptors (Lipinski definition) is 2. The van der Waals surface area contributed by atoms with Crippen molar-refractivity contribution < 1.29 is 0 Å². The number of nitrogens with zero attached hydrogens (tertiary/aromatic N) is 2. The lowest BCUT2D eigenvalue weighted by Gasteiger charge is -2.33. The molecule has 0 bridgehead atoms. The van der Waals surface area contributed by atoms with E-state index in [1.54, 1.807) is 0 Å². The van der Waals surface area contributed by atoms with Crippen LogP contribution in [0.1, 0.15) is 31.2 Å². The molecule has 0 saturated carbocycles. The molecule has 0 unspecified atom stereocenters. The van der Waals surface area contributed by atoms with E-state index in [0.29, 0.717) is 0 Å². The van der Waals surface area contributed by atoms with Crippen LogP contribution in [-0.4, -0.2) is 42.5 Å². The summed E-state index contributed by atoms with van der Waals surface area (Å²) in [7, 11) is 0. The maximum atomic E-state index is 2.68.